The molecule has 0 radical (unpaired) electrons. The Morgan fingerprint density at radius 1 is 1.12 bits per heavy atom. The zero-order valence-corrected chi connectivity index (χ0v) is 10.6. The van der Waals surface area contributed by atoms with Crippen LogP contribution in [0.3, 0.4) is 0 Å². The molecule has 4 heteroatoms. The first kappa shape index (κ1) is 12.1. The van der Waals surface area contributed by atoms with Crippen LogP contribution in [0.15, 0.2) is 0 Å². The van der Waals surface area contributed by atoms with Crippen LogP contribution in [-0.4, -0.2) is 24.7 Å². The summed E-state index contributed by atoms with van der Waals surface area (Å²) in [5, 5.41) is -0.539. The molecule has 0 bridgehead atoms. The Kier molecular flexibility index (Phi) is 3.38. The molecule has 0 aromatic carbocycles. The molecule has 0 saturated heterocycles. The van der Waals surface area contributed by atoms with Crippen molar-refractivity contribution in [2.24, 2.45) is 5.92 Å². The molecule has 0 N–H and O–H groups in total. The van der Waals surface area contributed by atoms with Crippen molar-refractivity contribution in [3.8, 4) is 0 Å². The summed E-state index contributed by atoms with van der Waals surface area (Å²) in [6, 6.07) is 0. The van der Waals surface area contributed by atoms with Gasteiger partial charge in [-0.25, -0.2) is 8.42 Å². The minimum atomic E-state index is -3.05. The maximum atomic E-state index is 12.3. The average Bonchev–Trinajstić information content (AvgIpc) is 2.65. The second-order valence-corrected chi connectivity index (χ2v) is 7.90. The van der Waals surface area contributed by atoms with Gasteiger partial charge in [-0.3, -0.25) is 4.79 Å². The molecule has 2 fully saturated rings. The first-order valence-corrected chi connectivity index (χ1v) is 7.85. The van der Waals surface area contributed by atoms with Crippen LogP contribution < -0.4 is 0 Å². The van der Waals surface area contributed by atoms with Crippen LogP contribution in [0.4, 0.5) is 0 Å². The van der Waals surface area contributed by atoms with E-state index in [1.54, 1.807) is 0 Å². The van der Waals surface area contributed by atoms with Crippen molar-refractivity contribution in [3.05, 3.63) is 0 Å². The topological polar surface area (TPSA) is 51.2 Å². The fraction of sp³-hybridized carbons (Fsp3) is 0.917. The Bertz CT molecular complexity index is 372. The molecule has 16 heavy (non-hydrogen) atoms. The number of carbonyl (C=O) groups is 1. The molecular formula is C12H20O3S. The van der Waals surface area contributed by atoms with Crippen molar-refractivity contribution in [2.75, 3.05) is 0 Å². The number of Topliss-reactive ketones (excluding diaryl/α,β-unsaturated/α-hetero) is 1. The quantitative estimate of drug-likeness (QED) is 0.747. The molecular weight excluding hydrogens is 224 g/mol. The van der Waals surface area contributed by atoms with Crippen molar-refractivity contribution in [1.82, 2.24) is 0 Å². The summed E-state index contributed by atoms with van der Waals surface area (Å²) in [6.45, 7) is 2.13. The lowest BCUT2D eigenvalue weighted by Crippen LogP contribution is -2.34. The molecule has 92 valence electrons. The van der Waals surface area contributed by atoms with Crippen LogP contribution in [-0.2, 0) is 14.6 Å². The van der Waals surface area contributed by atoms with Crippen molar-refractivity contribution >= 4 is 15.6 Å². The smallest absolute Gasteiger partial charge is 0.156 e. The van der Waals surface area contributed by atoms with Gasteiger partial charge in [-0.1, -0.05) is 19.8 Å². The second-order valence-electron chi connectivity index (χ2n) is 5.39. The predicted octanol–water partition coefficient (Wildman–Crippen LogP) is 2.10. The van der Waals surface area contributed by atoms with Gasteiger partial charge in [0.15, 0.2) is 9.84 Å². The van der Waals surface area contributed by atoms with Crippen LogP contribution in [0.1, 0.15) is 51.9 Å². The SMILES string of the molecule is CC1CCCC(S(=O)(=O)C2CCC(=O)C2)C1. The highest BCUT2D eigenvalue weighted by atomic mass is 32.2. The molecule has 0 amide bonds. The van der Waals surface area contributed by atoms with Crippen molar-refractivity contribution in [2.45, 2.75) is 62.4 Å². The first-order valence-electron chi connectivity index (χ1n) is 6.24. The highest BCUT2D eigenvalue weighted by Gasteiger charge is 2.39. The number of hydrogen-bond donors (Lipinski definition) is 0. The lowest BCUT2D eigenvalue weighted by atomic mass is 9.91. The van der Waals surface area contributed by atoms with E-state index in [4.69, 9.17) is 0 Å². The van der Waals surface area contributed by atoms with Gasteiger partial charge in [0, 0.05) is 12.8 Å². The van der Waals surface area contributed by atoms with E-state index in [1.165, 1.54) is 0 Å². The number of sulfone groups is 1. The van der Waals surface area contributed by atoms with Crippen LogP contribution in [0.2, 0.25) is 0 Å². The summed E-state index contributed by atoms with van der Waals surface area (Å²) in [4.78, 5) is 11.2. The summed E-state index contributed by atoms with van der Waals surface area (Å²) >= 11 is 0. The van der Waals surface area contributed by atoms with Gasteiger partial charge in [-0.15, -0.1) is 0 Å². The third kappa shape index (κ3) is 2.31. The molecule has 2 aliphatic rings. The molecule has 0 aromatic rings. The molecule has 3 atom stereocenters. The Morgan fingerprint density at radius 3 is 2.44 bits per heavy atom. The third-order valence-electron chi connectivity index (χ3n) is 4.02. The number of carbonyl (C=O) groups excluding carboxylic acids is 1. The number of rotatable bonds is 2. The van der Waals surface area contributed by atoms with Gasteiger partial charge in [0.1, 0.15) is 5.78 Å². The van der Waals surface area contributed by atoms with E-state index in [9.17, 15) is 13.2 Å². The first-order chi connectivity index (χ1) is 7.50. The van der Waals surface area contributed by atoms with Crippen LogP contribution in [0.5, 0.6) is 0 Å². The van der Waals surface area contributed by atoms with E-state index in [0.29, 0.717) is 18.8 Å². The van der Waals surface area contributed by atoms with E-state index >= 15 is 0 Å². The van der Waals surface area contributed by atoms with Gasteiger partial charge in [-0.05, 0) is 25.2 Å². The molecule has 2 aliphatic carbocycles. The average molecular weight is 244 g/mol. The van der Waals surface area contributed by atoms with Gasteiger partial charge in [0.25, 0.3) is 0 Å². The van der Waals surface area contributed by atoms with Gasteiger partial charge < -0.3 is 0 Å². The third-order valence-corrected chi connectivity index (χ3v) is 6.71. The highest BCUT2D eigenvalue weighted by molar-refractivity contribution is 7.92. The zero-order valence-electron chi connectivity index (χ0n) is 9.81. The van der Waals surface area contributed by atoms with E-state index in [0.717, 1.165) is 25.7 Å². The zero-order chi connectivity index (χ0) is 11.8. The fourth-order valence-electron chi connectivity index (χ4n) is 3.01. The Balaban J connectivity index is 2.09. The Hall–Kier alpha value is -0.380. The molecule has 0 aliphatic heterocycles. The molecule has 2 saturated carbocycles. The second kappa shape index (κ2) is 4.47. The summed E-state index contributed by atoms with van der Waals surface area (Å²) in [7, 11) is -3.05. The Morgan fingerprint density at radius 2 is 1.88 bits per heavy atom. The molecule has 0 spiro atoms. The molecule has 3 nitrogen and oxygen atoms in total. The molecule has 2 rings (SSSR count). The molecule has 0 aromatic heterocycles. The monoisotopic (exact) mass is 244 g/mol. The van der Waals surface area contributed by atoms with Crippen molar-refractivity contribution in [3.63, 3.8) is 0 Å². The largest absolute Gasteiger partial charge is 0.300 e. The lowest BCUT2D eigenvalue weighted by Gasteiger charge is -2.28. The fourth-order valence-corrected chi connectivity index (χ4v) is 5.51. The number of ketones is 1. The Labute approximate surface area is 97.5 Å². The van der Waals surface area contributed by atoms with Crippen molar-refractivity contribution in [1.29, 1.82) is 0 Å². The highest BCUT2D eigenvalue weighted by Crippen LogP contribution is 2.34. The maximum Gasteiger partial charge on any atom is 0.156 e. The summed E-state index contributed by atoms with van der Waals surface area (Å²) in [6.07, 6.45) is 5.07. The van der Waals surface area contributed by atoms with E-state index < -0.39 is 9.84 Å². The standard InChI is InChI=1S/C12H20O3S/c1-9-3-2-4-11(7-9)16(14,15)12-6-5-10(13)8-12/h9,11-12H,2-8H2,1H3. The van der Waals surface area contributed by atoms with Gasteiger partial charge >= 0.3 is 0 Å². The van der Waals surface area contributed by atoms with Crippen LogP contribution in [0, 0.1) is 5.92 Å². The summed E-state index contributed by atoms with van der Waals surface area (Å²) in [5.41, 5.74) is 0. The van der Waals surface area contributed by atoms with E-state index in [2.05, 4.69) is 6.92 Å². The number of hydrogen-bond acceptors (Lipinski definition) is 3. The lowest BCUT2D eigenvalue weighted by molar-refractivity contribution is -0.117. The van der Waals surface area contributed by atoms with E-state index in [-0.39, 0.29) is 22.7 Å². The van der Waals surface area contributed by atoms with Crippen molar-refractivity contribution < 1.29 is 13.2 Å². The van der Waals surface area contributed by atoms with Gasteiger partial charge in [-0.2, -0.15) is 0 Å². The molecule has 0 heterocycles. The van der Waals surface area contributed by atoms with E-state index in [1.807, 2.05) is 0 Å². The predicted molar refractivity (Wildman–Crippen MR) is 63.0 cm³/mol. The van der Waals surface area contributed by atoms with Crippen LogP contribution >= 0.6 is 0 Å². The van der Waals surface area contributed by atoms with Crippen LogP contribution in [0.25, 0.3) is 0 Å². The maximum absolute atomic E-state index is 12.3. The van der Waals surface area contributed by atoms with Gasteiger partial charge in [0.2, 0.25) is 0 Å². The normalized spacial score (nSPS) is 36.6. The summed E-state index contributed by atoms with van der Waals surface area (Å²) < 4.78 is 24.7. The van der Waals surface area contributed by atoms with Gasteiger partial charge in [0.05, 0.1) is 10.5 Å². The minimum absolute atomic E-state index is 0.123. The molecule has 3 unspecified atom stereocenters. The minimum Gasteiger partial charge on any atom is -0.300 e. The summed E-state index contributed by atoms with van der Waals surface area (Å²) in [5.74, 6) is 0.642.